The van der Waals surface area contributed by atoms with Crippen LogP contribution in [-0.2, 0) is 22.4 Å². The number of hydrogen-bond acceptors (Lipinski definition) is 5. The average Bonchev–Trinajstić information content (AvgIpc) is 2.81. The number of benzene rings is 1. The van der Waals surface area contributed by atoms with Gasteiger partial charge >= 0.3 is 5.97 Å². The molecule has 1 aromatic heterocycles. The minimum atomic E-state index is -0.925. The lowest BCUT2D eigenvalue weighted by Gasteiger charge is -2.07. The summed E-state index contributed by atoms with van der Waals surface area (Å²) >= 11 is 4.56. The van der Waals surface area contributed by atoms with Gasteiger partial charge < -0.3 is 10.1 Å². The Bertz CT molecular complexity index is 936. The second-order valence-corrected chi connectivity index (χ2v) is 8.15. The van der Waals surface area contributed by atoms with Crippen molar-refractivity contribution in [1.82, 2.24) is 0 Å². The van der Waals surface area contributed by atoms with Crippen molar-refractivity contribution < 1.29 is 18.7 Å². The van der Waals surface area contributed by atoms with E-state index in [1.807, 2.05) is 0 Å². The summed E-state index contributed by atoms with van der Waals surface area (Å²) in [4.78, 5) is 25.3. The third-order valence-electron chi connectivity index (χ3n) is 4.27. The van der Waals surface area contributed by atoms with Crippen molar-refractivity contribution >= 4 is 44.1 Å². The highest BCUT2D eigenvalue weighted by molar-refractivity contribution is 9.10. The number of anilines is 1. The van der Waals surface area contributed by atoms with Crippen molar-refractivity contribution in [3.63, 3.8) is 0 Å². The molecule has 0 bridgehead atoms. The molecule has 5 nitrogen and oxygen atoms in total. The van der Waals surface area contributed by atoms with Gasteiger partial charge in [-0.2, -0.15) is 5.26 Å². The van der Waals surface area contributed by atoms with Gasteiger partial charge in [0.05, 0.1) is 11.1 Å². The van der Waals surface area contributed by atoms with E-state index in [0.717, 1.165) is 48.6 Å². The Kier molecular flexibility index (Phi) is 6.24. The highest BCUT2D eigenvalue weighted by Crippen LogP contribution is 2.36. The number of rotatable bonds is 4. The Morgan fingerprint density at radius 1 is 1.30 bits per heavy atom. The maximum Gasteiger partial charge on any atom is 0.341 e. The Morgan fingerprint density at radius 2 is 2.07 bits per heavy atom. The predicted octanol–water partition coefficient (Wildman–Crippen LogP) is 4.59. The van der Waals surface area contributed by atoms with Gasteiger partial charge in [0.25, 0.3) is 5.91 Å². The van der Waals surface area contributed by atoms with Crippen LogP contribution < -0.4 is 5.32 Å². The molecule has 1 aromatic carbocycles. The molecule has 0 saturated carbocycles. The van der Waals surface area contributed by atoms with Crippen molar-refractivity contribution in [3.05, 3.63) is 50.1 Å². The molecule has 1 aliphatic rings. The van der Waals surface area contributed by atoms with Gasteiger partial charge in [0.1, 0.15) is 16.9 Å². The van der Waals surface area contributed by atoms with Crippen LogP contribution in [0.15, 0.2) is 22.7 Å². The van der Waals surface area contributed by atoms with Crippen molar-refractivity contribution in [2.24, 2.45) is 0 Å². The zero-order chi connectivity index (χ0) is 19.4. The maximum absolute atomic E-state index is 13.7. The summed E-state index contributed by atoms with van der Waals surface area (Å²) in [6.45, 7) is -0.557. The summed E-state index contributed by atoms with van der Waals surface area (Å²) in [7, 11) is 0. The van der Waals surface area contributed by atoms with E-state index in [4.69, 9.17) is 4.74 Å². The molecule has 1 aliphatic carbocycles. The second-order valence-electron chi connectivity index (χ2n) is 6.13. The molecule has 0 fully saturated rings. The number of nitrogens with one attached hydrogen (secondary N) is 1. The first-order valence-corrected chi connectivity index (χ1v) is 10.1. The van der Waals surface area contributed by atoms with Crippen LogP contribution in [0, 0.1) is 17.1 Å². The number of ether oxygens (including phenoxy) is 1. The Morgan fingerprint density at radius 3 is 2.85 bits per heavy atom. The predicted molar refractivity (Wildman–Crippen MR) is 103 cm³/mol. The Labute approximate surface area is 168 Å². The molecular formula is C19H16BrFN2O3S. The lowest BCUT2D eigenvalue weighted by molar-refractivity contribution is -0.119. The van der Waals surface area contributed by atoms with Crippen LogP contribution >= 0.6 is 27.3 Å². The van der Waals surface area contributed by atoms with Gasteiger partial charge in [0.2, 0.25) is 0 Å². The monoisotopic (exact) mass is 450 g/mol. The first-order valence-electron chi connectivity index (χ1n) is 8.46. The molecule has 0 aliphatic heterocycles. The summed E-state index contributed by atoms with van der Waals surface area (Å²) in [5.74, 6) is -2.21. The fraction of sp³-hybridized carbons (Fsp3) is 0.316. The number of nitrogens with zero attached hydrogens (tertiary/aromatic N) is 1. The topological polar surface area (TPSA) is 79.2 Å². The number of thiophene rings is 1. The van der Waals surface area contributed by atoms with Crippen LogP contribution in [0.5, 0.6) is 0 Å². The quantitative estimate of drug-likeness (QED) is 0.545. The van der Waals surface area contributed by atoms with Gasteiger partial charge in [-0.25, -0.2) is 9.18 Å². The summed E-state index contributed by atoms with van der Waals surface area (Å²) in [6.07, 6.45) is 4.97. The van der Waals surface area contributed by atoms with E-state index in [1.165, 1.54) is 23.5 Å². The van der Waals surface area contributed by atoms with Gasteiger partial charge in [-0.1, -0.05) is 22.4 Å². The molecule has 0 spiro atoms. The minimum absolute atomic E-state index is 0.252. The molecule has 0 radical (unpaired) electrons. The van der Waals surface area contributed by atoms with E-state index in [2.05, 4.69) is 27.3 Å². The van der Waals surface area contributed by atoms with Crippen molar-refractivity contribution in [2.45, 2.75) is 32.1 Å². The van der Waals surface area contributed by atoms with E-state index in [0.29, 0.717) is 15.0 Å². The number of fused-ring (bicyclic) bond motifs is 1. The average molecular weight is 451 g/mol. The van der Waals surface area contributed by atoms with E-state index in [1.54, 1.807) is 0 Å². The van der Waals surface area contributed by atoms with Crippen LogP contribution in [0.1, 0.15) is 45.6 Å². The molecular weight excluding hydrogens is 435 g/mol. The number of esters is 1. The van der Waals surface area contributed by atoms with Crippen LogP contribution in [0.25, 0.3) is 0 Å². The summed E-state index contributed by atoms with van der Waals surface area (Å²) in [6, 6.07) is 6.06. The molecule has 1 N–H and O–H groups in total. The molecule has 8 heteroatoms. The summed E-state index contributed by atoms with van der Waals surface area (Å²) in [5.41, 5.74) is 1.26. The second kappa shape index (κ2) is 8.63. The fourth-order valence-corrected chi connectivity index (χ4v) is 4.59. The molecule has 140 valence electrons. The summed E-state index contributed by atoms with van der Waals surface area (Å²) in [5, 5.41) is 12.6. The molecule has 0 atom stereocenters. The largest absolute Gasteiger partial charge is 0.452 e. The lowest BCUT2D eigenvalue weighted by Crippen LogP contribution is -2.21. The maximum atomic E-state index is 13.7. The van der Waals surface area contributed by atoms with Gasteiger partial charge in [0.15, 0.2) is 6.61 Å². The fourth-order valence-electron chi connectivity index (χ4n) is 2.97. The SMILES string of the molecule is N#Cc1c(NC(=O)COC(=O)c2cc(Br)ccc2F)sc2c1CCCCC2. The van der Waals surface area contributed by atoms with Gasteiger partial charge in [-0.3, -0.25) is 4.79 Å². The van der Waals surface area contributed by atoms with Crippen LogP contribution in [-0.4, -0.2) is 18.5 Å². The molecule has 0 saturated heterocycles. The van der Waals surface area contributed by atoms with E-state index >= 15 is 0 Å². The smallest absolute Gasteiger partial charge is 0.341 e. The standard InChI is InChI=1S/C19H16BrFN2O3S/c20-11-6-7-15(21)13(8-11)19(25)26-10-17(24)23-18-14(9-22)12-4-2-1-3-5-16(12)27-18/h6-8H,1-5,10H2,(H,23,24). The number of nitriles is 1. The van der Waals surface area contributed by atoms with E-state index in [-0.39, 0.29) is 5.56 Å². The van der Waals surface area contributed by atoms with Gasteiger partial charge in [-0.15, -0.1) is 11.3 Å². The van der Waals surface area contributed by atoms with Crippen molar-refractivity contribution in [3.8, 4) is 6.07 Å². The first-order chi connectivity index (χ1) is 13.0. The number of amides is 1. The lowest BCUT2D eigenvalue weighted by atomic mass is 10.1. The van der Waals surface area contributed by atoms with Crippen LogP contribution in [0.3, 0.4) is 0 Å². The highest BCUT2D eigenvalue weighted by Gasteiger charge is 2.22. The normalized spacial score (nSPS) is 13.2. The molecule has 27 heavy (non-hydrogen) atoms. The van der Waals surface area contributed by atoms with Crippen LogP contribution in [0.4, 0.5) is 9.39 Å². The Hall–Kier alpha value is -2.24. The minimum Gasteiger partial charge on any atom is -0.452 e. The van der Waals surface area contributed by atoms with Gasteiger partial charge in [0, 0.05) is 9.35 Å². The zero-order valence-corrected chi connectivity index (χ0v) is 16.7. The molecule has 0 unspecified atom stereocenters. The van der Waals surface area contributed by atoms with Crippen molar-refractivity contribution in [1.29, 1.82) is 5.26 Å². The number of carbonyl (C=O) groups is 2. The van der Waals surface area contributed by atoms with Crippen molar-refractivity contribution in [2.75, 3.05) is 11.9 Å². The third kappa shape index (κ3) is 4.54. The highest BCUT2D eigenvalue weighted by atomic mass is 79.9. The van der Waals surface area contributed by atoms with E-state index < -0.39 is 24.3 Å². The molecule has 1 heterocycles. The first kappa shape index (κ1) is 19.5. The number of carbonyl (C=O) groups excluding carboxylic acids is 2. The van der Waals surface area contributed by atoms with Crippen LogP contribution in [0.2, 0.25) is 0 Å². The summed E-state index contributed by atoms with van der Waals surface area (Å²) < 4.78 is 19.1. The zero-order valence-electron chi connectivity index (χ0n) is 14.3. The molecule has 1 amide bonds. The van der Waals surface area contributed by atoms with Gasteiger partial charge in [-0.05, 0) is 49.4 Å². The number of aryl methyl sites for hydroxylation is 1. The van der Waals surface area contributed by atoms with E-state index in [9.17, 15) is 19.2 Å². The number of hydrogen-bond donors (Lipinski definition) is 1. The molecule has 3 rings (SSSR count). The number of halogens is 2. The third-order valence-corrected chi connectivity index (χ3v) is 5.97. The Balaban J connectivity index is 1.65. The molecule has 2 aromatic rings.